The molecule has 44 heavy (non-hydrogen) atoms. The molecule has 0 spiro atoms. The van der Waals surface area contributed by atoms with Crippen molar-refractivity contribution in [2.24, 2.45) is 5.92 Å². The van der Waals surface area contributed by atoms with Gasteiger partial charge in [0.1, 0.15) is 0 Å². The van der Waals surface area contributed by atoms with E-state index in [0.717, 1.165) is 50.0 Å². The lowest BCUT2D eigenvalue weighted by molar-refractivity contribution is -0.144. The summed E-state index contributed by atoms with van der Waals surface area (Å²) in [7, 11) is 0. The van der Waals surface area contributed by atoms with Gasteiger partial charge in [0.15, 0.2) is 0 Å². The van der Waals surface area contributed by atoms with Crippen molar-refractivity contribution < 1.29 is 4.79 Å². The van der Waals surface area contributed by atoms with Crippen LogP contribution in [0.4, 0.5) is 0 Å². The molecule has 0 unspecified atom stereocenters. The van der Waals surface area contributed by atoms with Crippen molar-refractivity contribution in [1.82, 2.24) is 20.2 Å². The Bertz CT molecular complexity index is 1580. The molecule has 2 bridgehead atoms. The first-order valence-corrected chi connectivity index (χ1v) is 16.9. The zero-order valence-electron chi connectivity index (χ0n) is 27.4. The fourth-order valence-corrected chi connectivity index (χ4v) is 7.81. The molecule has 2 aromatic heterocycles. The second-order valence-corrected chi connectivity index (χ2v) is 14.2. The number of pyridine rings is 1. The molecule has 2 aromatic carbocycles. The molecule has 5 heteroatoms. The third-order valence-electron chi connectivity index (χ3n) is 10.3. The van der Waals surface area contributed by atoms with Gasteiger partial charge >= 0.3 is 0 Å². The van der Waals surface area contributed by atoms with Crippen LogP contribution in [0.15, 0.2) is 60.9 Å². The van der Waals surface area contributed by atoms with Gasteiger partial charge in [-0.1, -0.05) is 30.2 Å². The second kappa shape index (κ2) is 12.9. The van der Waals surface area contributed by atoms with Crippen LogP contribution in [0.3, 0.4) is 0 Å². The molecule has 1 amide bonds. The Balaban J connectivity index is 1.26. The van der Waals surface area contributed by atoms with Crippen molar-refractivity contribution in [3.05, 3.63) is 88.7 Å². The van der Waals surface area contributed by atoms with Crippen LogP contribution < -0.4 is 5.32 Å². The highest BCUT2D eigenvalue weighted by Crippen LogP contribution is 2.41. The molecule has 3 fully saturated rings. The van der Waals surface area contributed by atoms with Crippen LogP contribution >= 0.6 is 0 Å². The van der Waals surface area contributed by atoms with E-state index >= 15 is 0 Å². The maximum Gasteiger partial charge on any atom is 0.232 e. The smallest absolute Gasteiger partial charge is 0.232 e. The van der Waals surface area contributed by atoms with E-state index in [0.29, 0.717) is 23.8 Å². The van der Waals surface area contributed by atoms with E-state index in [2.05, 4.69) is 103 Å². The van der Waals surface area contributed by atoms with E-state index in [4.69, 9.17) is 0 Å². The van der Waals surface area contributed by atoms with Crippen LogP contribution in [-0.2, 0) is 16.6 Å². The zero-order valence-corrected chi connectivity index (χ0v) is 27.4. The lowest BCUT2D eigenvalue weighted by Crippen LogP contribution is -2.55. The van der Waals surface area contributed by atoms with Crippen molar-refractivity contribution in [3.8, 4) is 11.3 Å². The number of aryl methyl sites for hydroxylation is 3. The van der Waals surface area contributed by atoms with Gasteiger partial charge in [0.05, 0.1) is 11.1 Å². The number of fused-ring (bicyclic) bond motifs is 4. The standard InChI is InChI=1S/C39H50N4O/c1-26-20-27(2)22-31(21-26)37-36(28(3)24-41-17-7-6-8-29-15-18-40-19-16-29)34-23-32(11-14-35(34)42-37)39(4,5)38(44)43-25-30-9-12-33(43)13-10-30/h11,14-16,18-23,28,30,33,41-42H,6-10,12-13,17,24-25H2,1-5H3/t28-,30?,33?/m1/s1. The third-order valence-corrected chi connectivity index (χ3v) is 10.3. The lowest BCUT2D eigenvalue weighted by atomic mass is 9.76. The molecule has 7 rings (SSSR count). The van der Waals surface area contributed by atoms with Gasteiger partial charge in [-0.3, -0.25) is 9.78 Å². The quantitative estimate of drug-likeness (QED) is 0.173. The van der Waals surface area contributed by atoms with E-state index in [1.54, 1.807) is 0 Å². The number of nitrogens with zero attached hydrogens (tertiary/aromatic N) is 2. The Hall–Kier alpha value is -3.44. The Morgan fingerprint density at radius 3 is 2.41 bits per heavy atom. The summed E-state index contributed by atoms with van der Waals surface area (Å²) in [5, 5.41) is 5.00. The molecule has 5 nitrogen and oxygen atoms in total. The SMILES string of the molecule is Cc1cc(C)cc(-c2[nH]c3ccc(C(C)(C)C(=O)N4CC5CCC4CC5)cc3c2[C@H](C)CNCCCCc2ccncc2)c1. The van der Waals surface area contributed by atoms with Gasteiger partial charge < -0.3 is 15.2 Å². The molecule has 2 saturated heterocycles. The van der Waals surface area contributed by atoms with Crippen molar-refractivity contribution >= 4 is 16.8 Å². The van der Waals surface area contributed by atoms with E-state index in [1.165, 1.54) is 64.6 Å². The number of hydrogen-bond acceptors (Lipinski definition) is 3. The van der Waals surface area contributed by atoms with E-state index in [9.17, 15) is 4.79 Å². The summed E-state index contributed by atoms with van der Waals surface area (Å²) in [6.45, 7) is 13.8. The van der Waals surface area contributed by atoms with Crippen LogP contribution in [0.5, 0.6) is 0 Å². The number of nitrogens with one attached hydrogen (secondary N) is 2. The number of carbonyl (C=O) groups excluding carboxylic acids is 1. The second-order valence-electron chi connectivity index (χ2n) is 14.2. The summed E-state index contributed by atoms with van der Waals surface area (Å²) in [4.78, 5) is 24.3. The van der Waals surface area contributed by atoms with Gasteiger partial charge in [-0.25, -0.2) is 0 Å². The molecule has 1 saturated carbocycles. The van der Waals surface area contributed by atoms with Crippen molar-refractivity contribution in [3.63, 3.8) is 0 Å². The lowest BCUT2D eigenvalue weighted by Gasteiger charge is -2.47. The Kier molecular flexibility index (Phi) is 8.96. The van der Waals surface area contributed by atoms with Gasteiger partial charge in [0.2, 0.25) is 5.91 Å². The van der Waals surface area contributed by atoms with Crippen LogP contribution in [0.25, 0.3) is 22.2 Å². The number of H-pyrrole nitrogens is 1. The molecule has 4 aromatic rings. The number of amides is 1. The van der Waals surface area contributed by atoms with E-state index < -0.39 is 5.41 Å². The topological polar surface area (TPSA) is 61.0 Å². The Morgan fingerprint density at radius 1 is 1.00 bits per heavy atom. The molecule has 3 aliphatic rings. The first-order chi connectivity index (χ1) is 21.2. The van der Waals surface area contributed by atoms with Gasteiger partial charge in [0, 0.05) is 42.4 Å². The van der Waals surface area contributed by atoms with Crippen molar-refractivity contribution in [2.75, 3.05) is 19.6 Å². The van der Waals surface area contributed by atoms with Crippen molar-refractivity contribution in [1.29, 1.82) is 0 Å². The van der Waals surface area contributed by atoms with E-state index in [-0.39, 0.29) is 0 Å². The van der Waals surface area contributed by atoms with Gasteiger partial charge in [-0.15, -0.1) is 0 Å². The molecule has 1 aliphatic carbocycles. The molecule has 4 heterocycles. The van der Waals surface area contributed by atoms with Crippen LogP contribution in [0.1, 0.15) is 93.0 Å². The summed E-state index contributed by atoms with van der Waals surface area (Å²) >= 11 is 0. The number of rotatable bonds is 11. The number of aromatic amines is 1. The Morgan fingerprint density at radius 2 is 1.73 bits per heavy atom. The van der Waals surface area contributed by atoms with Crippen LogP contribution in [0, 0.1) is 19.8 Å². The predicted octanol–water partition coefficient (Wildman–Crippen LogP) is 8.24. The minimum absolute atomic E-state index is 0.291. The monoisotopic (exact) mass is 590 g/mol. The number of aromatic nitrogens is 2. The summed E-state index contributed by atoms with van der Waals surface area (Å²) in [5.74, 6) is 1.27. The first-order valence-electron chi connectivity index (χ1n) is 16.9. The highest BCUT2D eigenvalue weighted by molar-refractivity contribution is 5.94. The first kappa shape index (κ1) is 30.6. The Labute approximate surface area is 263 Å². The molecule has 1 atom stereocenters. The minimum atomic E-state index is -0.573. The average Bonchev–Trinajstić information content (AvgIpc) is 3.42. The van der Waals surface area contributed by atoms with Gasteiger partial charge in [0.25, 0.3) is 0 Å². The highest BCUT2D eigenvalue weighted by Gasteiger charge is 2.42. The van der Waals surface area contributed by atoms with Gasteiger partial charge in [-0.05, 0) is 150 Å². The molecular weight excluding hydrogens is 540 g/mol. The largest absolute Gasteiger partial charge is 0.354 e. The fourth-order valence-electron chi connectivity index (χ4n) is 7.81. The molecule has 232 valence electrons. The average molecular weight is 591 g/mol. The maximum absolute atomic E-state index is 14.1. The molecule has 2 N–H and O–H groups in total. The summed E-state index contributed by atoms with van der Waals surface area (Å²) < 4.78 is 0. The molecule has 2 aliphatic heterocycles. The maximum atomic E-state index is 14.1. The predicted molar refractivity (Wildman–Crippen MR) is 182 cm³/mol. The third kappa shape index (κ3) is 6.35. The fraction of sp³-hybridized carbons (Fsp3) is 0.487. The summed E-state index contributed by atoms with van der Waals surface area (Å²) in [5.41, 5.74) is 9.36. The zero-order chi connectivity index (χ0) is 30.8. The highest BCUT2D eigenvalue weighted by atomic mass is 16.2. The van der Waals surface area contributed by atoms with Crippen molar-refractivity contribution in [2.45, 2.75) is 96.9 Å². The minimum Gasteiger partial charge on any atom is -0.354 e. The van der Waals surface area contributed by atoms with Crippen LogP contribution in [0.2, 0.25) is 0 Å². The number of benzene rings is 2. The number of piperidine rings is 2. The number of carbonyl (C=O) groups is 1. The number of unbranched alkanes of at least 4 members (excludes halogenated alkanes) is 1. The molecular formula is C39H50N4O. The number of hydrogen-bond donors (Lipinski definition) is 2. The summed E-state index contributed by atoms with van der Waals surface area (Å²) in [6.07, 6.45) is 12.1. The molecule has 0 radical (unpaired) electrons. The van der Waals surface area contributed by atoms with Crippen LogP contribution in [-0.4, -0.2) is 46.5 Å². The van der Waals surface area contributed by atoms with E-state index in [1.807, 2.05) is 12.4 Å². The summed E-state index contributed by atoms with van der Waals surface area (Å²) in [6, 6.07) is 18.2. The normalized spacial score (nSPS) is 19.1. The van der Waals surface area contributed by atoms with Gasteiger partial charge in [-0.2, -0.15) is 0 Å².